The molecule has 0 aliphatic carbocycles. The monoisotopic (exact) mass is 331 g/mol. The van der Waals surface area contributed by atoms with Gasteiger partial charge in [0.05, 0.1) is 4.47 Å². The summed E-state index contributed by atoms with van der Waals surface area (Å²) < 4.78 is 13.5. The average Bonchev–Trinajstić information content (AvgIpc) is 2.29. The lowest BCUT2D eigenvalue weighted by Crippen LogP contribution is -2.43. The topological polar surface area (TPSA) is 106 Å². The van der Waals surface area contributed by atoms with Crippen LogP contribution >= 0.6 is 15.9 Å². The van der Waals surface area contributed by atoms with Crippen LogP contribution in [0, 0.1) is 5.82 Å². The van der Waals surface area contributed by atoms with Crippen LogP contribution in [0.15, 0.2) is 22.7 Å². The molecule has 0 atom stereocenters. The van der Waals surface area contributed by atoms with E-state index in [-0.39, 0.29) is 10.0 Å². The van der Waals surface area contributed by atoms with E-state index in [9.17, 15) is 18.8 Å². The van der Waals surface area contributed by atoms with Gasteiger partial charge in [0.2, 0.25) is 11.8 Å². The zero-order valence-corrected chi connectivity index (χ0v) is 11.3. The van der Waals surface area contributed by atoms with Gasteiger partial charge in [-0.2, -0.15) is 0 Å². The first-order valence-corrected chi connectivity index (χ1v) is 5.91. The lowest BCUT2D eigenvalue weighted by Gasteiger charge is -2.19. The molecule has 0 radical (unpaired) electrons. The summed E-state index contributed by atoms with van der Waals surface area (Å²) in [5.41, 5.74) is 9.93. The number of primary amides is 2. The number of nitrogens with two attached hydrogens (primary N) is 2. The van der Waals surface area contributed by atoms with Gasteiger partial charge in [0.15, 0.2) is 0 Å². The Hall–Kier alpha value is -1.96. The maximum absolute atomic E-state index is 13.3. The van der Waals surface area contributed by atoms with Gasteiger partial charge in [0.1, 0.15) is 18.9 Å². The van der Waals surface area contributed by atoms with E-state index < -0.39 is 36.6 Å². The van der Waals surface area contributed by atoms with E-state index >= 15 is 0 Å². The highest BCUT2D eigenvalue weighted by Crippen LogP contribution is 2.17. The number of amides is 3. The number of hydrogen-bond donors (Lipinski definition) is 2. The third-order valence-corrected chi connectivity index (χ3v) is 2.79. The Bertz CT molecular complexity index is 520. The fourth-order valence-corrected chi connectivity index (χ4v) is 1.63. The number of halogens is 2. The fraction of sp³-hybridized carbons (Fsp3) is 0.182. The summed E-state index contributed by atoms with van der Waals surface area (Å²) in [6.07, 6.45) is 0. The van der Waals surface area contributed by atoms with Crippen molar-refractivity contribution in [2.75, 3.05) is 13.1 Å². The van der Waals surface area contributed by atoms with Crippen LogP contribution in [0.5, 0.6) is 0 Å². The smallest absolute Gasteiger partial charge is 0.254 e. The molecule has 3 amide bonds. The molecule has 0 bridgehead atoms. The molecule has 0 saturated heterocycles. The maximum atomic E-state index is 13.3. The van der Waals surface area contributed by atoms with Gasteiger partial charge in [-0.1, -0.05) is 0 Å². The van der Waals surface area contributed by atoms with Gasteiger partial charge in [0.25, 0.3) is 5.91 Å². The first-order valence-electron chi connectivity index (χ1n) is 5.12. The van der Waals surface area contributed by atoms with Crippen LogP contribution in [-0.4, -0.2) is 35.7 Å². The highest BCUT2D eigenvalue weighted by atomic mass is 79.9. The minimum Gasteiger partial charge on any atom is -0.368 e. The molecular weight excluding hydrogens is 321 g/mol. The van der Waals surface area contributed by atoms with Crippen LogP contribution in [0.2, 0.25) is 0 Å². The van der Waals surface area contributed by atoms with Crippen LogP contribution in [0.1, 0.15) is 10.4 Å². The second kappa shape index (κ2) is 6.28. The summed E-state index contributed by atoms with van der Waals surface area (Å²) in [4.78, 5) is 34.5. The van der Waals surface area contributed by atoms with Crippen molar-refractivity contribution >= 4 is 33.7 Å². The number of carbonyl (C=O) groups excluding carboxylic acids is 3. The van der Waals surface area contributed by atoms with Gasteiger partial charge in [-0.3, -0.25) is 14.4 Å². The van der Waals surface area contributed by atoms with E-state index in [1.807, 2.05) is 0 Å². The molecular formula is C11H11BrFN3O3. The first-order chi connectivity index (χ1) is 8.81. The molecule has 8 heteroatoms. The largest absolute Gasteiger partial charge is 0.368 e. The predicted octanol–water partition coefficient (Wildman–Crippen LogP) is 0.001000. The Morgan fingerprint density at radius 2 is 1.68 bits per heavy atom. The number of carbonyl (C=O) groups is 3. The Labute approximate surface area is 116 Å². The van der Waals surface area contributed by atoms with Crippen LogP contribution in [0.25, 0.3) is 0 Å². The molecule has 0 aliphatic rings. The highest BCUT2D eigenvalue weighted by Gasteiger charge is 2.20. The van der Waals surface area contributed by atoms with Gasteiger partial charge in [-0.25, -0.2) is 4.39 Å². The molecule has 102 valence electrons. The van der Waals surface area contributed by atoms with Crippen molar-refractivity contribution < 1.29 is 18.8 Å². The van der Waals surface area contributed by atoms with Gasteiger partial charge in [-0.05, 0) is 34.1 Å². The number of rotatable bonds is 5. The van der Waals surface area contributed by atoms with Gasteiger partial charge in [-0.15, -0.1) is 0 Å². The normalized spacial score (nSPS) is 10.0. The zero-order valence-electron chi connectivity index (χ0n) is 9.73. The Morgan fingerprint density at radius 1 is 1.16 bits per heavy atom. The summed E-state index contributed by atoms with van der Waals surface area (Å²) in [7, 11) is 0. The molecule has 19 heavy (non-hydrogen) atoms. The maximum Gasteiger partial charge on any atom is 0.254 e. The number of hydrogen-bond acceptors (Lipinski definition) is 3. The Morgan fingerprint density at radius 3 is 2.11 bits per heavy atom. The average molecular weight is 332 g/mol. The quantitative estimate of drug-likeness (QED) is 0.792. The van der Waals surface area contributed by atoms with Crippen LogP contribution in [-0.2, 0) is 9.59 Å². The molecule has 1 aromatic carbocycles. The standard InChI is InChI=1S/C11H11BrFN3O3/c12-7-2-1-6(3-8(7)13)11(19)16(4-9(14)17)5-10(15)18/h1-3H,4-5H2,(H2,14,17)(H2,15,18). The summed E-state index contributed by atoms with van der Waals surface area (Å²) in [6, 6.07) is 3.68. The van der Waals surface area contributed by atoms with Crippen molar-refractivity contribution in [1.29, 1.82) is 0 Å². The lowest BCUT2D eigenvalue weighted by molar-refractivity contribution is -0.121. The van der Waals surface area contributed by atoms with Crippen molar-refractivity contribution in [2.45, 2.75) is 0 Å². The minimum absolute atomic E-state index is 0.0109. The molecule has 0 aromatic heterocycles. The van der Waals surface area contributed by atoms with E-state index in [2.05, 4.69) is 15.9 Å². The molecule has 0 aliphatic heterocycles. The summed E-state index contributed by atoms with van der Waals surface area (Å²) in [6.45, 7) is -0.946. The van der Waals surface area contributed by atoms with E-state index in [0.717, 1.165) is 11.0 Å². The molecule has 4 N–H and O–H groups in total. The van der Waals surface area contributed by atoms with E-state index in [4.69, 9.17) is 11.5 Å². The summed E-state index contributed by atoms with van der Waals surface area (Å²) >= 11 is 2.95. The second-order valence-corrected chi connectivity index (χ2v) is 4.58. The molecule has 0 spiro atoms. The third-order valence-electron chi connectivity index (χ3n) is 2.15. The zero-order chi connectivity index (χ0) is 14.6. The molecule has 1 rings (SSSR count). The number of nitrogens with zero attached hydrogens (tertiary/aromatic N) is 1. The molecule has 0 fully saturated rings. The van der Waals surface area contributed by atoms with E-state index in [0.29, 0.717) is 0 Å². The van der Waals surface area contributed by atoms with Crippen LogP contribution < -0.4 is 11.5 Å². The fourth-order valence-electron chi connectivity index (χ4n) is 1.39. The van der Waals surface area contributed by atoms with Gasteiger partial charge < -0.3 is 16.4 Å². The molecule has 6 nitrogen and oxygen atoms in total. The Kier molecular flexibility index (Phi) is 4.99. The van der Waals surface area contributed by atoms with E-state index in [1.54, 1.807) is 0 Å². The Balaban J connectivity index is 3.00. The summed E-state index contributed by atoms with van der Waals surface area (Å²) in [5, 5.41) is 0. The van der Waals surface area contributed by atoms with Crippen LogP contribution in [0.3, 0.4) is 0 Å². The van der Waals surface area contributed by atoms with E-state index in [1.165, 1.54) is 12.1 Å². The van der Waals surface area contributed by atoms with Crippen LogP contribution in [0.4, 0.5) is 4.39 Å². The minimum atomic E-state index is -0.799. The van der Waals surface area contributed by atoms with Crippen molar-refractivity contribution in [2.24, 2.45) is 11.5 Å². The lowest BCUT2D eigenvalue weighted by atomic mass is 10.2. The molecule has 0 saturated carbocycles. The number of benzene rings is 1. The van der Waals surface area contributed by atoms with Crippen molar-refractivity contribution in [3.63, 3.8) is 0 Å². The molecule has 0 unspecified atom stereocenters. The van der Waals surface area contributed by atoms with Crippen molar-refractivity contribution in [3.05, 3.63) is 34.1 Å². The highest BCUT2D eigenvalue weighted by molar-refractivity contribution is 9.10. The third kappa shape index (κ3) is 4.32. The second-order valence-electron chi connectivity index (χ2n) is 3.72. The first kappa shape index (κ1) is 15.1. The SMILES string of the molecule is NC(=O)CN(CC(N)=O)C(=O)c1ccc(Br)c(F)c1. The molecule has 0 heterocycles. The van der Waals surface area contributed by atoms with Crippen molar-refractivity contribution in [1.82, 2.24) is 4.90 Å². The summed E-state index contributed by atoms with van der Waals surface area (Å²) in [5.74, 6) is -2.94. The van der Waals surface area contributed by atoms with Gasteiger partial charge >= 0.3 is 0 Å². The molecule has 1 aromatic rings. The predicted molar refractivity (Wildman–Crippen MR) is 68.4 cm³/mol. The van der Waals surface area contributed by atoms with Crippen molar-refractivity contribution in [3.8, 4) is 0 Å². The van der Waals surface area contributed by atoms with Gasteiger partial charge in [0, 0.05) is 5.56 Å².